The lowest BCUT2D eigenvalue weighted by Gasteiger charge is -2.28. The van der Waals surface area contributed by atoms with E-state index in [9.17, 15) is 0 Å². The zero-order valence-corrected chi connectivity index (χ0v) is 10.6. The summed E-state index contributed by atoms with van der Waals surface area (Å²) in [5.74, 6) is 0. The normalized spacial score (nSPS) is 17.7. The highest BCUT2D eigenvalue weighted by molar-refractivity contribution is 5.64. The Hall–Kier alpha value is -1.50. The summed E-state index contributed by atoms with van der Waals surface area (Å²) in [5, 5.41) is 3.59. The Kier molecular flexibility index (Phi) is 3.37. The molecule has 17 heavy (non-hydrogen) atoms. The van der Waals surface area contributed by atoms with E-state index in [4.69, 9.17) is 0 Å². The minimum absolute atomic E-state index is 0.244. The molecule has 0 atom stereocenters. The molecule has 1 N–H and O–H groups in total. The Balaban J connectivity index is 2.06. The highest BCUT2D eigenvalue weighted by atomic mass is 15.0. The van der Waals surface area contributed by atoms with Crippen molar-refractivity contribution in [2.75, 3.05) is 0 Å². The second-order valence-electron chi connectivity index (χ2n) is 5.20. The van der Waals surface area contributed by atoms with Crippen LogP contribution in [0.25, 0.3) is 11.8 Å². The minimum atomic E-state index is 0.244. The number of benzene rings is 1. The summed E-state index contributed by atoms with van der Waals surface area (Å²) in [5.41, 5.74) is 3.59. The first-order chi connectivity index (χ1) is 8.13. The predicted molar refractivity (Wildman–Crippen MR) is 75.6 cm³/mol. The summed E-state index contributed by atoms with van der Waals surface area (Å²) in [6.07, 6.45) is 7.00. The van der Waals surface area contributed by atoms with Gasteiger partial charge in [0.25, 0.3) is 0 Å². The highest BCUT2D eigenvalue weighted by Crippen LogP contribution is 2.31. The molecule has 90 valence electrons. The Morgan fingerprint density at radius 3 is 2.35 bits per heavy atom. The van der Waals surface area contributed by atoms with E-state index in [1.165, 1.54) is 31.2 Å². The Labute approximate surface area is 104 Å². The van der Waals surface area contributed by atoms with E-state index in [0.717, 1.165) is 11.3 Å². The molecule has 0 saturated heterocycles. The van der Waals surface area contributed by atoms with Gasteiger partial charge in [-0.1, -0.05) is 56.3 Å². The summed E-state index contributed by atoms with van der Waals surface area (Å²) >= 11 is 0. The molecule has 1 nitrogen and oxygen atoms in total. The van der Waals surface area contributed by atoms with Crippen LogP contribution in [0.1, 0.15) is 43.7 Å². The molecule has 1 fully saturated rings. The molecule has 0 aliphatic heterocycles. The smallest absolute Gasteiger partial charge is 0.0345 e. The first-order valence-electron chi connectivity index (χ1n) is 6.33. The molecule has 0 radical (unpaired) electrons. The van der Waals surface area contributed by atoms with Crippen molar-refractivity contribution in [3.63, 3.8) is 0 Å². The second kappa shape index (κ2) is 4.79. The maximum absolute atomic E-state index is 4.15. The van der Waals surface area contributed by atoms with Crippen molar-refractivity contribution in [1.82, 2.24) is 5.32 Å². The molecule has 1 heteroatoms. The van der Waals surface area contributed by atoms with Crippen LogP contribution in [0.3, 0.4) is 0 Å². The quantitative estimate of drug-likeness (QED) is 0.812. The van der Waals surface area contributed by atoms with E-state index in [-0.39, 0.29) is 5.54 Å². The van der Waals surface area contributed by atoms with Gasteiger partial charge in [0.15, 0.2) is 0 Å². The van der Waals surface area contributed by atoms with E-state index in [1.54, 1.807) is 0 Å². The third-order valence-electron chi connectivity index (χ3n) is 3.65. The first-order valence-corrected chi connectivity index (χ1v) is 6.33. The van der Waals surface area contributed by atoms with Crippen molar-refractivity contribution in [3.8, 4) is 0 Å². The number of rotatable bonds is 4. The molecule has 1 aliphatic carbocycles. The maximum Gasteiger partial charge on any atom is 0.0345 e. The molecule has 0 heterocycles. The van der Waals surface area contributed by atoms with Crippen LogP contribution in [-0.2, 0) is 0 Å². The van der Waals surface area contributed by atoms with Crippen molar-refractivity contribution < 1.29 is 0 Å². The monoisotopic (exact) mass is 227 g/mol. The number of hydrogen-bond donors (Lipinski definition) is 1. The Bertz CT molecular complexity index is 408. The zero-order valence-electron chi connectivity index (χ0n) is 10.6. The third-order valence-corrected chi connectivity index (χ3v) is 3.65. The Morgan fingerprint density at radius 2 is 1.82 bits per heavy atom. The number of hydrogen-bond acceptors (Lipinski definition) is 1. The van der Waals surface area contributed by atoms with Gasteiger partial charge in [-0.3, -0.25) is 0 Å². The molecular weight excluding hydrogens is 206 g/mol. The highest BCUT2D eigenvalue weighted by Gasteiger charge is 2.28. The van der Waals surface area contributed by atoms with E-state index < -0.39 is 0 Å². The molecule has 0 amide bonds. The SMILES string of the molecule is C=Cc1ccc(C(=C)NC2(C)CCCC2)cc1. The van der Waals surface area contributed by atoms with Gasteiger partial charge in [0, 0.05) is 11.2 Å². The third kappa shape index (κ3) is 2.79. The fourth-order valence-electron chi connectivity index (χ4n) is 2.54. The topological polar surface area (TPSA) is 12.0 Å². The van der Waals surface area contributed by atoms with Gasteiger partial charge >= 0.3 is 0 Å². The summed E-state index contributed by atoms with van der Waals surface area (Å²) in [4.78, 5) is 0. The molecule has 2 rings (SSSR count). The Morgan fingerprint density at radius 1 is 1.24 bits per heavy atom. The van der Waals surface area contributed by atoms with Crippen LogP contribution in [0.5, 0.6) is 0 Å². The van der Waals surface area contributed by atoms with Crippen LogP contribution < -0.4 is 5.32 Å². The van der Waals surface area contributed by atoms with Crippen molar-refractivity contribution in [2.24, 2.45) is 0 Å². The molecule has 0 aromatic heterocycles. The standard InChI is InChI=1S/C16H21N/c1-4-14-7-9-15(10-8-14)13(2)17-16(3)11-5-6-12-16/h4,7-10,17H,1-2,5-6,11-12H2,3H3. The number of nitrogens with one attached hydrogen (secondary N) is 1. The zero-order chi connectivity index (χ0) is 12.3. The average molecular weight is 227 g/mol. The lowest BCUT2D eigenvalue weighted by Crippen LogP contribution is -2.37. The van der Waals surface area contributed by atoms with Crippen LogP contribution in [0, 0.1) is 0 Å². The average Bonchev–Trinajstić information content (AvgIpc) is 2.76. The molecule has 1 aromatic rings. The van der Waals surface area contributed by atoms with Crippen molar-refractivity contribution in [2.45, 2.75) is 38.1 Å². The van der Waals surface area contributed by atoms with Crippen LogP contribution >= 0.6 is 0 Å². The van der Waals surface area contributed by atoms with Crippen molar-refractivity contribution in [1.29, 1.82) is 0 Å². The maximum atomic E-state index is 4.15. The van der Waals surface area contributed by atoms with E-state index in [0.29, 0.717) is 0 Å². The van der Waals surface area contributed by atoms with Gasteiger partial charge in [0.1, 0.15) is 0 Å². The van der Waals surface area contributed by atoms with E-state index in [1.807, 2.05) is 6.08 Å². The van der Waals surface area contributed by atoms with Gasteiger partial charge in [-0.05, 0) is 30.9 Å². The van der Waals surface area contributed by atoms with Crippen LogP contribution in [0.2, 0.25) is 0 Å². The van der Waals surface area contributed by atoms with Gasteiger partial charge in [-0.15, -0.1) is 0 Å². The van der Waals surface area contributed by atoms with Crippen LogP contribution in [-0.4, -0.2) is 5.54 Å². The first kappa shape index (κ1) is 12.0. The molecular formula is C16H21N. The fraction of sp³-hybridized carbons (Fsp3) is 0.375. The van der Waals surface area contributed by atoms with Gasteiger partial charge in [0.05, 0.1) is 0 Å². The summed E-state index contributed by atoms with van der Waals surface area (Å²) in [6.45, 7) is 10.2. The predicted octanol–water partition coefficient (Wildman–Crippen LogP) is 4.22. The molecule has 1 saturated carbocycles. The molecule has 1 aliphatic rings. The molecule has 0 spiro atoms. The van der Waals surface area contributed by atoms with E-state index in [2.05, 4.69) is 49.7 Å². The van der Waals surface area contributed by atoms with Gasteiger partial charge in [-0.2, -0.15) is 0 Å². The van der Waals surface area contributed by atoms with Crippen molar-refractivity contribution in [3.05, 3.63) is 48.6 Å². The second-order valence-corrected chi connectivity index (χ2v) is 5.20. The lowest BCUT2D eigenvalue weighted by molar-refractivity contribution is 0.424. The van der Waals surface area contributed by atoms with Gasteiger partial charge < -0.3 is 5.32 Å². The molecule has 0 bridgehead atoms. The fourth-order valence-corrected chi connectivity index (χ4v) is 2.54. The van der Waals surface area contributed by atoms with Gasteiger partial charge in [-0.25, -0.2) is 0 Å². The molecule has 0 unspecified atom stereocenters. The lowest BCUT2D eigenvalue weighted by atomic mass is 9.99. The summed E-state index contributed by atoms with van der Waals surface area (Å²) < 4.78 is 0. The van der Waals surface area contributed by atoms with E-state index >= 15 is 0 Å². The van der Waals surface area contributed by atoms with Gasteiger partial charge in [0.2, 0.25) is 0 Å². The molecule has 1 aromatic carbocycles. The van der Waals surface area contributed by atoms with Crippen LogP contribution in [0.15, 0.2) is 37.4 Å². The summed E-state index contributed by atoms with van der Waals surface area (Å²) in [7, 11) is 0. The largest absolute Gasteiger partial charge is 0.380 e. The van der Waals surface area contributed by atoms with Crippen molar-refractivity contribution >= 4 is 11.8 Å². The van der Waals surface area contributed by atoms with Crippen LogP contribution in [0.4, 0.5) is 0 Å². The summed E-state index contributed by atoms with van der Waals surface area (Å²) in [6, 6.07) is 8.35. The minimum Gasteiger partial charge on any atom is -0.380 e.